The van der Waals surface area contributed by atoms with Crippen LogP contribution in [0.3, 0.4) is 0 Å². The SMILES string of the molecule is Cc1cc(NC(=O)C(=O)N2CCCC[C@H]2C)cnc1NC(=O)OC(C)(C)C. The second-order valence-corrected chi connectivity index (χ2v) is 7.81. The van der Waals surface area contributed by atoms with E-state index in [0.717, 1.165) is 19.3 Å². The van der Waals surface area contributed by atoms with Crippen LogP contribution in [0, 0.1) is 6.92 Å². The Morgan fingerprint density at radius 1 is 1.22 bits per heavy atom. The van der Waals surface area contributed by atoms with Crippen molar-refractivity contribution in [3.63, 3.8) is 0 Å². The number of hydrogen-bond acceptors (Lipinski definition) is 5. The molecule has 1 aromatic rings. The number of nitrogens with one attached hydrogen (secondary N) is 2. The molecule has 2 rings (SSSR count). The normalized spacial score (nSPS) is 17.2. The number of ether oxygens (including phenoxy) is 1. The Morgan fingerprint density at radius 2 is 1.93 bits per heavy atom. The molecule has 0 saturated carbocycles. The summed E-state index contributed by atoms with van der Waals surface area (Å²) in [5, 5.41) is 5.15. The van der Waals surface area contributed by atoms with Crippen molar-refractivity contribution in [3.8, 4) is 0 Å². The molecule has 1 aliphatic heterocycles. The quantitative estimate of drug-likeness (QED) is 0.773. The zero-order valence-electron chi connectivity index (χ0n) is 16.6. The van der Waals surface area contributed by atoms with Gasteiger partial charge in [0, 0.05) is 12.6 Å². The summed E-state index contributed by atoms with van der Waals surface area (Å²) in [6, 6.07) is 1.71. The van der Waals surface area contributed by atoms with Crippen molar-refractivity contribution in [1.82, 2.24) is 9.88 Å². The predicted molar refractivity (Wildman–Crippen MR) is 102 cm³/mol. The third kappa shape index (κ3) is 5.94. The Kier molecular flexibility index (Phi) is 6.41. The van der Waals surface area contributed by atoms with Crippen LogP contribution in [0.2, 0.25) is 0 Å². The smallest absolute Gasteiger partial charge is 0.413 e. The number of aryl methyl sites for hydroxylation is 1. The molecule has 2 N–H and O–H groups in total. The zero-order chi connectivity index (χ0) is 20.2. The Morgan fingerprint density at radius 3 is 2.52 bits per heavy atom. The first-order valence-corrected chi connectivity index (χ1v) is 9.15. The lowest BCUT2D eigenvalue weighted by atomic mass is 10.0. The molecule has 1 atom stereocenters. The van der Waals surface area contributed by atoms with E-state index in [2.05, 4.69) is 15.6 Å². The van der Waals surface area contributed by atoms with Crippen molar-refractivity contribution in [2.75, 3.05) is 17.2 Å². The number of amides is 3. The van der Waals surface area contributed by atoms with Crippen LogP contribution in [0.4, 0.5) is 16.3 Å². The van der Waals surface area contributed by atoms with E-state index in [-0.39, 0.29) is 6.04 Å². The number of nitrogens with zero attached hydrogens (tertiary/aromatic N) is 2. The standard InChI is InChI=1S/C19H28N4O4/c1-12-10-14(11-20-15(12)22-18(26)27-19(3,4)5)21-16(24)17(25)23-9-7-6-8-13(23)2/h10-11,13H,6-9H2,1-5H3,(H,21,24)(H,20,22,26)/t13-/m1/s1. The van der Waals surface area contributed by atoms with Crippen molar-refractivity contribution in [3.05, 3.63) is 17.8 Å². The van der Waals surface area contributed by atoms with Gasteiger partial charge in [-0.2, -0.15) is 0 Å². The van der Waals surface area contributed by atoms with Crippen LogP contribution in [0.25, 0.3) is 0 Å². The molecule has 0 aromatic carbocycles. The minimum atomic E-state index is -0.683. The fourth-order valence-corrected chi connectivity index (χ4v) is 2.89. The van der Waals surface area contributed by atoms with E-state index >= 15 is 0 Å². The van der Waals surface area contributed by atoms with Gasteiger partial charge in [0.15, 0.2) is 0 Å². The summed E-state index contributed by atoms with van der Waals surface area (Å²) in [5.41, 5.74) is 0.417. The monoisotopic (exact) mass is 376 g/mol. The molecule has 0 radical (unpaired) electrons. The molecule has 1 aliphatic rings. The van der Waals surface area contributed by atoms with Crippen LogP contribution < -0.4 is 10.6 Å². The van der Waals surface area contributed by atoms with Gasteiger partial charge in [-0.15, -0.1) is 0 Å². The van der Waals surface area contributed by atoms with Crippen molar-refractivity contribution in [2.45, 2.75) is 65.5 Å². The van der Waals surface area contributed by atoms with Crippen molar-refractivity contribution in [1.29, 1.82) is 0 Å². The third-order valence-corrected chi connectivity index (χ3v) is 4.21. The molecule has 1 saturated heterocycles. The summed E-state index contributed by atoms with van der Waals surface area (Å²) < 4.78 is 5.19. The first-order valence-electron chi connectivity index (χ1n) is 9.15. The molecule has 0 bridgehead atoms. The highest BCUT2D eigenvalue weighted by Crippen LogP contribution is 2.19. The van der Waals surface area contributed by atoms with Crippen LogP contribution in [-0.2, 0) is 14.3 Å². The number of carbonyl (C=O) groups excluding carboxylic acids is 3. The van der Waals surface area contributed by atoms with Crippen molar-refractivity contribution < 1.29 is 19.1 Å². The van der Waals surface area contributed by atoms with Gasteiger partial charge >= 0.3 is 17.9 Å². The average Bonchev–Trinajstić information content (AvgIpc) is 2.55. The van der Waals surface area contributed by atoms with Gasteiger partial charge in [-0.1, -0.05) is 0 Å². The molecule has 1 fully saturated rings. The highest BCUT2D eigenvalue weighted by Gasteiger charge is 2.28. The highest BCUT2D eigenvalue weighted by atomic mass is 16.6. The van der Waals surface area contributed by atoms with Crippen molar-refractivity contribution >= 4 is 29.4 Å². The van der Waals surface area contributed by atoms with Crippen LogP contribution in [0.1, 0.15) is 52.5 Å². The molecule has 27 heavy (non-hydrogen) atoms. The van der Waals surface area contributed by atoms with E-state index in [1.807, 2.05) is 6.92 Å². The maximum Gasteiger partial charge on any atom is 0.413 e. The largest absolute Gasteiger partial charge is 0.444 e. The summed E-state index contributed by atoms with van der Waals surface area (Å²) in [6.45, 7) is 9.60. The van der Waals surface area contributed by atoms with Crippen molar-refractivity contribution in [2.24, 2.45) is 0 Å². The van der Waals surface area contributed by atoms with E-state index in [9.17, 15) is 14.4 Å². The first-order chi connectivity index (χ1) is 12.6. The summed E-state index contributed by atoms with van der Waals surface area (Å²) in [6.07, 6.45) is 3.68. The molecule has 0 aliphatic carbocycles. The second-order valence-electron chi connectivity index (χ2n) is 7.81. The van der Waals surface area contributed by atoms with Crippen LogP contribution in [0.15, 0.2) is 12.3 Å². The first kappa shape index (κ1) is 20.7. The fourth-order valence-electron chi connectivity index (χ4n) is 2.89. The van der Waals surface area contributed by atoms with E-state index < -0.39 is 23.5 Å². The minimum absolute atomic E-state index is 0.0669. The molecule has 0 unspecified atom stereocenters. The minimum Gasteiger partial charge on any atom is -0.444 e. The van der Waals surface area contributed by atoms with Crippen LogP contribution in [0.5, 0.6) is 0 Å². The molecule has 148 valence electrons. The molecular formula is C19H28N4O4. The fraction of sp³-hybridized carbons (Fsp3) is 0.579. The lowest BCUT2D eigenvalue weighted by Crippen LogP contribution is -2.47. The Bertz CT molecular complexity index is 727. The second kappa shape index (κ2) is 8.37. The van der Waals surface area contributed by atoms with Gasteiger partial charge in [-0.3, -0.25) is 14.9 Å². The third-order valence-electron chi connectivity index (χ3n) is 4.21. The number of carbonyl (C=O) groups is 3. The van der Waals surface area contributed by atoms with Crippen LogP contribution >= 0.6 is 0 Å². The Balaban J connectivity index is 1.99. The molecule has 8 nitrogen and oxygen atoms in total. The van der Waals surface area contributed by atoms with E-state index in [4.69, 9.17) is 4.74 Å². The maximum atomic E-state index is 12.4. The number of anilines is 2. The van der Waals surface area contributed by atoms with Crippen LogP contribution in [-0.4, -0.2) is 46.0 Å². The maximum absolute atomic E-state index is 12.4. The van der Waals surface area contributed by atoms with Gasteiger partial charge in [-0.25, -0.2) is 9.78 Å². The molecule has 8 heteroatoms. The lowest BCUT2D eigenvalue weighted by Gasteiger charge is -2.32. The van der Waals surface area contributed by atoms with Gasteiger partial charge in [0.2, 0.25) is 0 Å². The van der Waals surface area contributed by atoms with E-state index in [1.54, 1.807) is 38.7 Å². The topological polar surface area (TPSA) is 101 Å². The van der Waals surface area contributed by atoms with Gasteiger partial charge in [0.25, 0.3) is 0 Å². The molecule has 1 aromatic heterocycles. The molecular weight excluding hydrogens is 348 g/mol. The van der Waals surface area contributed by atoms with Gasteiger partial charge in [0.05, 0.1) is 11.9 Å². The van der Waals surface area contributed by atoms with Gasteiger partial charge < -0.3 is 15.0 Å². The predicted octanol–water partition coefficient (Wildman–Crippen LogP) is 3.08. The number of likely N-dealkylation sites (tertiary alicyclic amines) is 1. The summed E-state index contributed by atoms with van der Waals surface area (Å²) in [7, 11) is 0. The molecule has 3 amide bonds. The van der Waals surface area contributed by atoms with E-state index in [0.29, 0.717) is 23.6 Å². The number of piperidine rings is 1. The summed E-state index contributed by atoms with van der Waals surface area (Å²) in [4.78, 5) is 42.2. The molecule has 2 heterocycles. The number of hydrogen-bond donors (Lipinski definition) is 2. The summed E-state index contributed by atoms with van der Waals surface area (Å²) in [5.74, 6) is -0.883. The number of rotatable bonds is 2. The van der Waals surface area contributed by atoms with E-state index in [1.165, 1.54) is 6.20 Å². The van der Waals surface area contributed by atoms with Gasteiger partial charge in [-0.05, 0) is 65.5 Å². The van der Waals surface area contributed by atoms with Gasteiger partial charge in [0.1, 0.15) is 11.4 Å². The lowest BCUT2D eigenvalue weighted by molar-refractivity contribution is -0.145. The molecule has 0 spiro atoms. The summed E-state index contributed by atoms with van der Waals surface area (Å²) >= 11 is 0. The highest BCUT2D eigenvalue weighted by molar-refractivity contribution is 6.39. The Labute approximate surface area is 159 Å². The zero-order valence-corrected chi connectivity index (χ0v) is 16.6. The number of aromatic nitrogens is 1. The average molecular weight is 376 g/mol. The Hall–Kier alpha value is -2.64. The number of pyridine rings is 1.